The Morgan fingerprint density at radius 3 is 2.68 bits per heavy atom. The molecule has 0 aliphatic heterocycles. The molecule has 1 heterocycles. The quantitative estimate of drug-likeness (QED) is 0.655. The molecule has 0 saturated heterocycles. The lowest BCUT2D eigenvalue weighted by molar-refractivity contribution is 0.265. The fraction of sp³-hybridized carbons (Fsp3) is 0.222. The van der Waals surface area contributed by atoms with Crippen LogP contribution >= 0.6 is 0 Å². The molecule has 0 aliphatic carbocycles. The van der Waals surface area contributed by atoms with Gasteiger partial charge in [-0.15, -0.1) is 0 Å². The van der Waals surface area contributed by atoms with Crippen molar-refractivity contribution in [1.29, 1.82) is 0 Å². The number of para-hydroxylation sites is 1. The SMILES string of the molecule is NC(CO)Cc1c[nH]c2c(OCc3ccccc3)cccc12. The van der Waals surface area contributed by atoms with Crippen molar-refractivity contribution in [3.63, 3.8) is 0 Å². The van der Waals surface area contributed by atoms with Crippen molar-refractivity contribution in [2.75, 3.05) is 6.61 Å². The smallest absolute Gasteiger partial charge is 0.143 e. The molecular formula is C18H20N2O2. The summed E-state index contributed by atoms with van der Waals surface area (Å²) in [5.41, 5.74) is 9.04. The summed E-state index contributed by atoms with van der Waals surface area (Å²) in [5.74, 6) is 0.824. The predicted octanol–water partition coefficient (Wildman–Crippen LogP) is 2.61. The normalized spacial score (nSPS) is 12.5. The molecule has 4 nitrogen and oxygen atoms in total. The fourth-order valence-corrected chi connectivity index (χ4v) is 2.56. The van der Waals surface area contributed by atoms with E-state index in [9.17, 15) is 0 Å². The molecule has 0 amide bonds. The van der Waals surface area contributed by atoms with Gasteiger partial charge in [-0.25, -0.2) is 0 Å². The lowest BCUT2D eigenvalue weighted by atomic mass is 10.1. The summed E-state index contributed by atoms with van der Waals surface area (Å²) in [6, 6.07) is 15.8. The van der Waals surface area contributed by atoms with Gasteiger partial charge >= 0.3 is 0 Å². The zero-order valence-corrected chi connectivity index (χ0v) is 12.3. The first-order valence-electron chi connectivity index (χ1n) is 7.40. The van der Waals surface area contributed by atoms with E-state index in [1.165, 1.54) is 0 Å². The molecule has 22 heavy (non-hydrogen) atoms. The Balaban J connectivity index is 1.82. The van der Waals surface area contributed by atoms with Gasteiger partial charge in [0.2, 0.25) is 0 Å². The van der Waals surface area contributed by atoms with Gasteiger partial charge in [-0.2, -0.15) is 0 Å². The number of hydrogen-bond donors (Lipinski definition) is 3. The van der Waals surface area contributed by atoms with Crippen LogP contribution in [0.25, 0.3) is 10.9 Å². The minimum absolute atomic E-state index is 0.0170. The average Bonchev–Trinajstić information content (AvgIpc) is 2.97. The maximum Gasteiger partial charge on any atom is 0.143 e. The standard InChI is InChI=1S/C18H20N2O2/c19-15(11-21)9-14-10-20-18-16(14)7-4-8-17(18)22-12-13-5-2-1-3-6-13/h1-8,10,15,20-21H,9,11-12,19H2. The second-order valence-electron chi connectivity index (χ2n) is 5.41. The Morgan fingerprint density at radius 1 is 1.09 bits per heavy atom. The van der Waals surface area contributed by atoms with Crippen molar-refractivity contribution in [3.05, 3.63) is 65.9 Å². The van der Waals surface area contributed by atoms with E-state index in [0.717, 1.165) is 27.8 Å². The van der Waals surface area contributed by atoms with Crippen molar-refractivity contribution in [2.24, 2.45) is 5.73 Å². The number of ether oxygens (including phenoxy) is 1. The van der Waals surface area contributed by atoms with Gasteiger partial charge in [0.1, 0.15) is 12.4 Å². The monoisotopic (exact) mass is 296 g/mol. The number of nitrogens with two attached hydrogens (primary N) is 1. The van der Waals surface area contributed by atoms with E-state index < -0.39 is 0 Å². The van der Waals surface area contributed by atoms with E-state index in [-0.39, 0.29) is 12.6 Å². The summed E-state index contributed by atoms with van der Waals surface area (Å²) < 4.78 is 5.94. The molecule has 3 rings (SSSR count). The number of aliphatic hydroxyl groups is 1. The van der Waals surface area contributed by atoms with Crippen LogP contribution in [-0.2, 0) is 13.0 Å². The molecule has 0 radical (unpaired) electrons. The largest absolute Gasteiger partial charge is 0.487 e. The highest BCUT2D eigenvalue weighted by Crippen LogP contribution is 2.28. The van der Waals surface area contributed by atoms with Crippen molar-refractivity contribution in [2.45, 2.75) is 19.1 Å². The molecule has 0 saturated carbocycles. The van der Waals surface area contributed by atoms with Crippen molar-refractivity contribution >= 4 is 10.9 Å². The molecule has 0 fully saturated rings. The van der Waals surface area contributed by atoms with E-state index in [4.69, 9.17) is 15.6 Å². The van der Waals surface area contributed by atoms with Gasteiger partial charge in [-0.05, 0) is 23.6 Å². The summed E-state index contributed by atoms with van der Waals surface area (Å²) in [7, 11) is 0. The molecule has 0 spiro atoms. The first-order valence-corrected chi connectivity index (χ1v) is 7.40. The van der Waals surface area contributed by atoms with E-state index >= 15 is 0 Å². The van der Waals surface area contributed by atoms with Crippen LogP contribution < -0.4 is 10.5 Å². The Bertz CT molecular complexity index is 737. The minimum atomic E-state index is -0.243. The number of fused-ring (bicyclic) bond motifs is 1. The van der Waals surface area contributed by atoms with Gasteiger partial charge in [-0.3, -0.25) is 0 Å². The van der Waals surface area contributed by atoms with Crippen LogP contribution in [0.5, 0.6) is 5.75 Å². The number of benzene rings is 2. The van der Waals surface area contributed by atoms with Crippen LogP contribution in [0.2, 0.25) is 0 Å². The average molecular weight is 296 g/mol. The molecule has 3 aromatic rings. The Kier molecular flexibility index (Phi) is 4.42. The number of aromatic amines is 1. The highest BCUT2D eigenvalue weighted by Gasteiger charge is 2.11. The van der Waals surface area contributed by atoms with Crippen LogP contribution in [0.4, 0.5) is 0 Å². The number of aromatic nitrogens is 1. The maximum absolute atomic E-state index is 9.11. The first kappa shape index (κ1) is 14.6. The van der Waals surface area contributed by atoms with E-state index in [2.05, 4.69) is 4.98 Å². The molecule has 1 unspecified atom stereocenters. The third kappa shape index (κ3) is 3.13. The van der Waals surface area contributed by atoms with Gasteiger partial charge in [0.15, 0.2) is 0 Å². The van der Waals surface area contributed by atoms with Gasteiger partial charge < -0.3 is 20.6 Å². The number of hydrogen-bond acceptors (Lipinski definition) is 3. The molecular weight excluding hydrogens is 276 g/mol. The Labute approximate surface area is 129 Å². The highest BCUT2D eigenvalue weighted by molar-refractivity contribution is 5.88. The fourth-order valence-electron chi connectivity index (χ4n) is 2.56. The summed E-state index contributed by atoms with van der Waals surface area (Å²) in [5, 5.41) is 10.2. The molecule has 4 heteroatoms. The second kappa shape index (κ2) is 6.64. The molecule has 4 N–H and O–H groups in total. The molecule has 0 bridgehead atoms. The van der Waals surface area contributed by atoms with Crippen molar-refractivity contribution in [3.8, 4) is 5.75 Å². The maximum atomic E-state index is 9.11. The van der Waals surface area contributed by atoms with Crippen LogP contribution in [0, 0.1) is 0 Å². The van der Waals surface area contributed by atoms with Crippen molar-refractivity contribution in [1.82, 2.24) is 4.98 Å². The summed E-state index contributed by atoms with van der Waals surface area (Å²) in [6.45, 7) is 0.515. The lowest BCUT2D eigenvalue weighted by Crippen LogP contribution is -2.26. The molecule has 1 aromatic heterocycles. The van der Waals surface area contributed by atoms with Crippen LogP contribution in [-0.4, -0.2) is 22.7 Å². The summed E-state index contributed by atoms with van der Waals surface area (Å²) >= 11 is 0. The Hall–Kier alpha value is -2.30. The van der Waals surface area contributed by atoms with Gasteiger partial charge in [-0.1, -0.05) is 42.5 Å². The third-order valence-corrected chi connectivity index (χ3v) is 3.72. The number of H-pyrrole nitrogens is 1. The van der Waals surface area contributed by atoms with Crippen LogP contribution in [0.1, 0.15) is 11.1 Å². The molecule has 114 valence electrons. The highest BCUT2D eigenvalue weighted by atomic mass is 16.5. The number of nitrogens with one attached hydrogen (secondary N) is 1. The zero-order valence-electron chi connectivity index (χ0n) is 12.3. The second-order valence-corrected chi connectivity index (χ2v) is 5.41. The van der Waals surface area contributed by atoms with E-state index in [1.54, 1.807) is 0 Å². The van der Waals surface area contributed by atoms with Crippen LogP contribution in [0.15, 0.2) is 54.7 Å². The van der Waals surface area contributed by atoms with E-state index in [1.807, 2.05) is 54.7 Å². The molecule has 1 atom stereocenters. The van der Waals surface area contributed by atoms with Gasteiger partial charge in [0, 0.05) is 17.6 Å². The number of aliphatic hydroxyl groups excluding tert-OH is 1. The summed E-state index contributed by atoms with van der Waals surface area (Å²) in [6.07, 6.45) is 2.58. The topological polar surface area (TPSA) is 71.3 Å². The summed E-state index contributed by atoms with van der Waals surface area (Å²) in [4.78, 5) is 3.26. The van der Waals surface area contributed by atoms with E-state index in [0.29, 0.717) is 13.0 Å². The van der Waals surface area contributed by atoms with Gasteiger partial charge in [0.25, 0.3) is 0 Å². The van der Waals surface area contributed by atoms with Crippen molar-refractivity contribution < 1.29 is 9.84 Å². The first-order chi connectivity index (χ1) is 10.8. The molecule has 2 aromatic carbocycles. The lowest BCUT2D eigenvalue weighted by Gasteiger charge is -2.09. The third-order valence-electron chi connectivity index (χ3n) is 3.72. The number of rotatable bonds is 6. The zero-order chi connectivity index (χ0) is 15.4. The van der Waals surface area contributed by atoms with Crippen LogP contribution in [0.3, 0.4) is 0 Å². The minimum Gasteiger partial charge on any atom is -0.487 e. The van der Waals surface area contributed by atoms with Gasteiger partial charge in [0.05, 0.1) is 12.1 Å². The Morgan fingerprint density at radius 2 is 1.91 bits per heavy atom. The molecule has 0 aliphatic rings. The predicted molar refractivity (Wildman–Crippen MR) is 87.8 cm³/mol.